The lowest BCUT2D eigenvalue weighted by Crippen LogP contribution is -2.19. The molecule has 2 rings (SSSR count). The Morgan fingerprint density at radius 1 is 1.00 bits per heavy atom. The van der Waals surface area contributed by atoms with Crippen LogP contribution in [0.2, 0.25) is 0 Å². The first-order valence-corrected chi connectivity index (χ1v) is 6.18. The molecule has 0 heterocycles. The monoisotopic (exact) mass is 286 g/mol. The predicted molar refractivity (Wildman–Crippen MR) is 76.5 cm³/mol. The summed E-state index contributed by atoms with van der Waals surface area (Å²) in [7, 11) is 0. The summed E-state index contributed by atoms with van der Waals surface area (Å²) in [6.07, 6.45) is -0.627. The third-order valence-electron chi connectivity index (χ3n) is 2.73. The van der Waals surface area contributed by atoms with E-state index in [1.54, 1.807) is 12.1 Å². The number of rotatable bonds is 3. The van der Waals surface area contributed by atoms with Crippen molar-refractivity contribution < 1.29 is 19.5 Å². The van der Waals surface area contributed by atoms with E-state index in [0.29, 0.717) is 5.69 Å². The van der Waals surface area contributed by atoms with E-state index in [1.807, 2.05) is 19.1 Å². The number of nitrogens with one attached hydrogen (secondary N) is 2. The fraction of sp³-hybridized carbons (Fsp3) is 0.0667. The molecule has 0 aliphatic heterocycles. The third-order valence-corrected chi connectivity index (χ3v) is 2.73. The van der Waals surface area contributed by atoms with Crippen LogP contribution in [0.4, 0.5) is 10.5 Å². The van der Waals surface area contributed by atoms with Gasteiger partial charge in [0, 0.05) is 11.3 Å². The molecular formula is C15H14N2O4. The predicted octanol–water partition coefficient (Wildman–Crippen LogP) is 2.72. The van der Waals surface area contributed by atoms with Gasteiger partial charge in [-0.05, 0) is 43.3 Å². The number of carbonyl (C=O) groups is 2. The van der Waals surface area contributed by atoms with Crippen molar-refractivity contribution in [1.29, 1.82) is 0 Å². The Balaban J connectivity index is 1.96. The SMILES string of the molecule is Cc1ccc(NC(=O)Oc2ccc(C(=O)NO)cc2)cc1. The minimum atomic E-state index is -0.634. The molecular weight excluding hydrogens is 272 g/mol. The number of ether oxygens (including phenoxy) is 1. The van der Waals surface area contributed by atoms with Gasteiger partial charge in [-0.15, -0.1) is 0 Å². The summed E-state index contributed by atoms with van der Waals surface area (Å²) < 4.78 is 5.07. The molecule has 6 nitrogen and oxygen atoms in total. The van der Waals surface area contributed by atoms with Crippen LogP contribution in [0, 0.1) is 6.92 Å². The van der Waals surface area contributed by atoms with Crippen LogP contribution in [0.25, 0.3) is 0 Å². The average Bonchev–Trinajstić information content (AvgIpc) is 2.49. The lowest BCUT2D eigenvalue weighted by Gasteiger charge is -2.07. The Bertz CT molecular complexity index is 636. The van der Waals surface area contributed by atoms with Gasteiger partial charge >= 0.3 is 6.09 Å². The highest BCUT2D eigenvalue weighted by Gasteiger charge is 2.07. The zero-order valence-corrected chi connectivity index (χ0v) is 11.3. The number of hydrogen-bond donors (Lipinski definition) is 3. The first-order valence-electron chi connectivity index (χ1n) is 6.18. The second-order valence-corrected chi connectivity index (χ2v) is 4.35. The van der Waals surface area contributed by atoms with Crippen LogP contribution in [0.15, 0.2) is 48.5 Å². The fourth-order valence-corrected chi connectivity index (χ4v) is 1.63. The van der Waals surface area contributed by atoms with Crippen molar-refractivity contribution in [1.82, 2.24) is 5.48 Å². The van der Waals surface area contributed by atoms with Crippen LogP contribution in [-0.2, 0) is 0 Å². The van der Waals surface area contributed by atoms with Gasteiger partial charge in [-0.2, -0.15) is 0 Å². The van der Waals surface area contributed by atoms with Crippen molar-refractivity contribution in [3.05, 3.63) is 59.7 Å². The molecule has 0 aliphatic rings. The summed E-state index contributed by atoms with van der Waals surface area (Å²) in [6, 6.07) is 13.1. The first kappa shape index (κ1) is 14.5. The van der Waals surface area contributed by atoms with Gasteiger partial charge in [0.2, 0.25) is 0 Å². The van der Waals surface area contributed by atoms with Gasteiger partial charge in [-0.3, -0.25) is 15.3 Å². The Morgan fingerprint density at radius 3 is 2.19 bits per heavy atom. The molecule has 0 atom stereocenters. The third kappa shape index (κ3) is 4.05. The number of aryl methyl sites for hydroxylation is 1. The van der Waals surface area contributed by atoms with E-state index in [-0.39, 0.29) is 11.3 Å². The molecule has 2 aromatic carbocycles. The molecule has 0 fully saturated rings. The molecule has 108 valence electrons. The average molecular weight is 286 g/mol. The second kappa shape index (κ2) is 6.53. The standard InChI is InChI=1S/C15H14N2O4/c1-10-2-6-12(7-3-10)16-15(19)21-13-8-4-11(5-9-13)14(18)17-20/h2-9,20H,1H3,(H,16,19)(H,17,18). The Morgan fingerprint density at radius 2 is 1.62 bits per heavy atom. The van der Waals surface area contributed by atoms with Crippen molar-refractivity contribution in [2.45, 2.75) is 6.92 Å². The van der Waals surface area contributed by atoms with E-state index < -0.39 is 12.0 Å². The van der Waals surface area contributed by atoms with E-state index in [4.69, 9.17) is 9.94 Å². The molecule has 0 spiro atoms. The van der Waals surface area contributed by atoms with Crippen LogP contribution in [0.5, 0.6) is 5.75 Å². The smallest absolute Gasteiger partial charge is 0.410 e. The van der Waals surface area contributed by atoms with Crippen molar-refractivity contribution in [3.63, 3.8) is 0 Å². The van der Waals surface area contributed by atoms with Gasteiger partial charge in [0.1, 0.15) is 5.75 Å². The molecule has 21 heavy (non-hydrogen) atoms. The van der Waals surface area contributed by atoms with Gasteiger partial charge < -0.3 is 4.74 Å². The molecule has 2 amide bonds. The van der Waals surface area contributed by atoms with Crippen LogP contribution >= 0.6 is 0 Å². The van der Waals surface area contributed by atoms with Crippen LogP contribution in [0.1, 0.15) is 15.9 Å². The minimum Gasteiger partial charge on any atom is -0.410 e. The quantitative estimate of drug-likeness (QED) is 0.598. The lowest BCUT2D eigenvalue weighted by atomic mass is 10.2. The van der Waals surface area contributed by atoms with Crippen molar-refractivity contribution in [2.24, 2.45) is 0 Å². The van der Waals surface area contributed by atoms with E-state index >= 15 is 0 Å². The van der Waals surface area contributed by atoms with Gasteiger partial charge in [0.15, 0.2) is 0 Å². The van der Waals surface area contributed by atoms with Gasteiger partial charge in [0.25, 0.3) is 5.91 Å². The van der Waals surface area contributed by atoms with Crippen molar-refractivity contribution in [3.8, 4) is 5.75 Å². The summed E-state index contributed by atoms with van der Waals surface area (Å²) in [5.74, 6) is -0.347. The summed E-state index contributed by atoms with van der Waals surface area (Å²) >= 11 is 0. The highest BCUT2D eigenvalue weighted by atomic mass is 16.6. The zero-order chi connectivity index (χ0) is 15.2. The molecule has 0 saturated heterocycles. The Labute approximate surface area is 121 Å². The van der Waals surface area contributed by atoms with E-state index in [0.717, 1.165) is 5.56 Å². The number of carbonyl (C=O) groups excluding carboxylic acids is 2. The lowest BCUT2D eigenvalue weighted by molar-refractivity contribution is 0.0706. The topological polar surface area (TPSA) is 87.7 Å². The summed E-state index contributed by atoms with van der Waals surface area (Å²) in [5.41, 5.74) is 3.49. The molecule has 0 saturated carbocycles. The summed E-state index contributed by atoms with van der Waals surface area (Å²) in [6.45, 7) is 1.95. The van der Waals surface area contributed by atoms with Gasteiger partial charge in [-0.25, -0.2) is 10.3 Å². The Hall–Kier alpha value is -2.86. The minimum absolute atomic E-state index is 0.254. The Kier molecular flexibility index (Phi) is 4.53. The molecule has 0 radical (unpaired) electrons. The maximum atomic E-state index is 11.7. The van der Waals surface area contributed by atoms with Crippen molar-refractivity contribution >= 4 is 17.7 Å². The molecule has 0 unspecified atom stereocenters. The number of anilines is 1. The maximum absolute atomic E-state index is 11.7. The van der Waals surface area contributed by atoms with Crippen LogP contribution < -0.4 is 15.5 Å². The molecule has 0 aliphatic carbocycles. The number of hydrogen-bond acceptors (Lipinski definition) is 4. The molecule has 0 bridgehead atoms. The summed E-state index contributed by atoms with van der Waals surface area (Å²) in [4.78, 5) is 22.8. The highest BCUT2D eigenvalue weighted by Crippen LogP contribution is 2.14. The van der Waals surface area contributed by atoms with E-state index in [9.17, 15) is 9.59 Å². The van der Waals surface area contributed by atoms with Crippen LogP contribution in [-0.4, -0.2) is 17.2 Å². The number of benzene rings is 2. The highest BCUT2D eigenvalue weighted by molar-refractivity contribution is 5.93. The molecule has 0 aromatic heterocycles. The van der Waals surface area contributed by atoms with E-state index in [2.05, 4.69) is 5.32 Å². The summed E-state index contributed by atoms with van der Waals surface area (Å²) in [5, 5.41) is 11.1. The number of hydroxylamine groups is 1. The normalized spacial score (nSPS) is 9.81. The number of amides is 2. The molecule has 3 N–H and O–H groups in total. The fourth-order valence-electron chi connectivity index (χ4n) is 1.63. The largest absolute Gasteiger partial charge is 0.417 e. The zero-order valence-electron chi connectivity index (χ0n) is 11.3. The van der Waals surface area contributed by atoms with E-state index in [1.165, 1.54) is 29.7 Å². The van der Waals surface area contributed by atoms with Gasteiger partial charge in [-0.1, -0.05) is 17.7 Å². The molecule has 6 heteroatoms. The van der Waals surface area contributed by atoms with Crippen molar-refractivity contribution in [2.75, 3.05) is 5.32 Å². The second-order valence-electron chi connectivity index (χ2n) is 4.35. The van der Waals surface area contributed by atoms with Gasteiger partial charge in [0.05, 0.1) is 0 Å². The molecule has 2 aromatic rings. The maximum Gasteiger partial charge on any atom is 0.417 e. The van der Waals surface area contributed by atoms with Crippen LogP contribution in [0.3, 0.4) is 0 Å². The first-order chi connectivity index (χ1) is 10.1.